The molecule has 1 amide bonds. The van der Waals surface area contributed by atoms with Crippen LogP contribution in [0.1, 0.15) is 39.9 Å². The number of hydrogen-bond acceptors (Lipinski definition) is 3. The van der Waals surface area contributed by atoms with Gasteiger partial charge in [0.15, 0.2) is 5.96 Å². The molecule has 1 saturated heterocycles. The Morgan fingerprint density at radius 3 is 2.50 bits per heavy atom. The smallest absolute Gasteiger partial charge is 0.251 e. The molecular formula is C25H36IN5O. The van der Waals surface area contributed by atoms with Gasteiger partial charge in [0, 0.05) is 51.9 Å². The molecule has 0 saturated carbocycles. The third-order valence-electron chi connectivity index (χ3n) is 5.76. The summed E-state index contributed by atoms with van der Waals surface area (Å²) in [5, 5.41) is 9.65. The standard InChI is InChI=1S/C25H35N5O.HI/c1-19-6-4-8-21(16-19)18-30-14-11-23(12-15-30)29-25(27-3)28-13-10-20-7-5-9-22(17-20)24(31)26-2;/h4-9,16-17,23H,10-15,18H2,1-3H3,(H,26,31)(H2,27,28,29);1H. The summed E-state index contributed by atoms with van der Waals surface area (Å²) in [5.41, 5.74) is 4.54. The van der Waals surface area contributed by atoms with Crippen molar-refractivity contribution in [2.24, 2.45) is 4.99 Å². The van der Waals surface area contributed by atoms with Gasteiger partial charge in [0.2, 0.25) is 0 Å². The van der Waals surface area contributed by atoms with Crippen LogP contribution >= 0.6 is 24.0 Å². The van der Waals surface area contributed by atoms with Gasteiger partial charge in [-0.15, -0.1) is 24.0 Å². The van der Waals surface area contributed by atoms with Gasteiger partial charge < -0.3 is 16.0 Å². The first-order valence-corrected chi connectivity index (χ1v) is 11.1. The topological polar surface area (TPSA) is 68.8 Å². The van der Waals surface area contributed by atoms with Crippen LogP contribution in [0, 0.1) is 6.92 Å². The van der Waals surface area contributed by atoms with Crippen LogP contribution in [-0.2, 0) is 13.0 Å². The molecule has 0 atom stereocenters. The Labute approximate surface area is 209 Å². The fraction of sp³-hybridized carbons (Fsp3) is 0.440. The van der Waals surface area contributed by atoms with Crippen LogP contribution in [0.3, 0.4) is 0 Å². The number of aryl methyl sites for hydroxylation is 1. The van der Waals surface area contributed by atoms with Gasteiger partial charge in [0.25, 0.3) is 5.91 Å². The van der Waals surface area contributed by atoms with Gasteiger partial charge in [-0.2, -0.15) is 0 Å². The van der Waals surface area contributed by atoms with E-state index < -0.39 is 0 Å². The summed E-state index contributed by atoms with van der Waals surface area (Å²) in [4.78, 5) is 18.7. The average Bonchev–Trinajstić information content (AvgIpc) is 2.79. The van der Waals surface area contributed by atoms with Crippen molar-refractivity contribution in [1.29, 1.82) is 0 Å². The van der Waals surface area contributed by atoms with E-state index in [1.54, 1.807) is 7.05 Å². The van der Waals surface area contributed by atoms with E-state index >= 15 is 0 Å². The molecule has 2 aromatic rings. The average molecular weight is 550 g/mol. The van der Waals surface area contributed by atoms with E-state index in [0.717, 1.165) is 57.0 Å². The molecule has 0 spiro atoms. The molecule has 0 aliphatic carbocycles. The number of halogens is 1. The van der Waals surface area contributed by atoms with Crippen molar-refractivity contribution >= 4 is 35.8 Å². The third-order valence-corrected chi connectivity index (χ3v) is 5.76. The molecule has 7 heteroatoms. The molecule has 2 aromatic carbocycles. The number of guanidine groups is 1. The minimum atomic E-state index is -0.0546. The maximum atomic E-state index is 11.8. The molecule has 174 valence electrons. The predicted octanol–water partition coefficient (Wildman–Crippen LogP) is 3.34. The quantitative estimate of drug-likeness (QED) is 0.282. The molecule has 0 aromatic heterocycles. The molecule has 1 aliphatic heterocycles. The van der Waals surface area contributed by atoms with Gasteiger partial charge in [0.1, 0.15) is 0 Å². The van der Waals surface area contributed by atoms with Crippen molar-refractivity contribution < 1.29 is 4.79 Å². The monoisotopic (exact) mass is 549 g/mol. The Kier molecular flexibility index (Phi) is 11.0. The Morgan fingerprint density at radius 1 is 1.09 bits per heavy atom. The number of likely N-dealkylation sites (tertiary alicyclic amines) is 1. The molecule has 1 heterocycles. The van der Waals surface area contributed by atoms with Crippen LogP contribution in [0.15, 0.2) is 53.5 Å². The summed E-state index contributed by atoms with van der Waals surface area (Å²) in [7, 11) is 3.47. The first-order valence-electron chi connectivity index (χ1n) is 11.1. The first kappa shape index (κ1) is 26.1. The van der Waals surface area contributed by atoms with Crippen LogP contribution in [0.25, 0.3) is 0 Å². The van der Waals surface area contributed by atoms with Crippen LogP contribution < -0.4 is 16.0 Å². The number of rotatable bonds is 7. The zero-order chi connectivity index (χ0) is 22.1. The highest BCUT2D eigenvalue weighted by molar-refractivity contribution is 14.0. The highest BCUT2D eigenvalue weighted by atomic mass is 127. The maximum absolute atomic E-state index is 11.8. The van der Waals surface area contributed by atoms with E-state index in [1.165, 1.54) is 11.1 Å². The molecule has 3 N–H and O–H groups in total. The van der Waals surface area contributed by atoms with E-state index in [4.69, 9.17) is 0 Å². The van der Waals surface area contributed by atoms with Crippen LogP contribution in [0.5, 0.6) is 0 Å². The third kappa shape index (κ3) is 8.09. The summed E-state index contributed by atoms with van der Waals surface area (Å²) in [6, 6.07) is 17.0. The lowest BCUT2D eigenvalue weighted by atomic mass is 10.0. The second kappa shape index (κ2) is 13.4. The molecule has 0 bridgehead atoms. The van der Waals surface area contributed by atoms with Crippen molar-refractivity contribution in [2.45, 2.75) is 38.8 Å². The minimum absolute atomic E-state index is 0. The Hall–Kier alpha value is -2.13. The van der Waals surface area contributed by atoms with Gasteiger partial charge in [-0.3, -0.25) is 14.7 Å². The van der Waals surface area contributed by atoms with Crippen molar-refractivity contribution in [3.05, 3.63) is 70.8 Å². The minimum Gasteiger partial charge on any atom is -0.356 e. The van der Waals surface area contributed by atoms with Crippen LogP contribution in [0.4, 0.5) is 0 Å². The summed E-state index contributed by atoms with van der Waals surface area (Å²) >= 11 is 0. The Morgan fingerprint density at radius 2 is 1.81 bits per heavy atom. The highest BCUT2D eigenvalue weighted by Gasteiger charge is 2.20. The second-order valence-electron chi connectivity index (χ2n) is 8.21. The van der Waals surface area contributed by atoms with Crippen LogP contribution in [0.2, 0.25) is 0 Å². The van der Waals surface area contributed by atoms with Gasteiger partial charge in [-0.1, -0.05) is 42.0 Å². The second-order valence-corrected chi connectivity index (χ2v) is 8.21. The SMILES string of the molecule is CN=C(NCCc1cccc(C(=O)NC)c1)NC1CCN(Cc2cccc(C)c2)CC1.I. The molecule has 1 aliphatic rings. The van der Waals surface area contributed by atoms with E-state index in [0.29, 0.717) is 11.6 Å². The number of hydrogen-bond donors (Lipinski definition) is 3. The number of piperidine rings is 1. The lowest BCUT2D eigenvalue weighted by molar-refractivity contribution is 0.0963. The normalized spacial score (nSPS) is 15.0. The Balaban J connectivity index is 0.00000363. The van der Waals surface area contributed by atoms with E-state index in [9.17, 15) is 4.79 Å². The highest BCUT2D eigenvalue weighted by Crippen LogP contribution is 2.15. The van der Waals surface area contributed by atoms with E-state index in [-0.39, 0.29) is 29.9 Å². The van der Waals surface area contributed by atoms with Crippen molar-refractivity contribution in [3.63, 3.8) is 0 Å². The van der Waals surface area contributed by atoms with Gasteiger partial charge in [-0.05, 0) is 49.4 Å². The number of amides is 1. The summed E-state index contributed by atoms with van der Waals surface area (Å²) in [6.07, 6.45) is 3.06. The summed E-state index contributed by atoms with van der Waals surface area (Å²) in [6.45, 7) is 6.13. The molecule has 32 heavy (non-hydrogen) atoms. The van der Waals surface area contributed by atoms with Crippen LogP contribution in [-0.4, -0.2) is 56.5 Å². The Bertz CT molecular complexity index is 893. The number of nitrogens with zero attached hydrogens (tertiary/aromatic N) is 2. The van der Waals surface area contributed by atoms with Crippen molar-refractivity contribution in [1.82, 2.24) is 20.9 Å². The molecule has 0 radical (unpaired) electrons. The molecule has 0 unspecified atom stereocenters. The van der Waals surface area contributed by atoms with Crippen molar-refractivity contribution in [2.75, 3.05) is 33.7 Å². The lowest BCUT2D eigenvalue weighted by Crippen LogP contribution is -2.48. The van der Waals surface area contributed by atoms with Crippen molar-refractivity contribution in [3.8, 4) is 0 Å². The lowest BCUT2D eigenvalue weighted by Gasteiger charge is -2.33. The molecule has 3 rings (SSSR count). The van der Waals surface area contributed by atoms with E-state index in [1.807, 2.05) is 31.3 Å². The number of aliphatic imine (C=N–C) groups is 1. The zero-order valence-corrected chi connectivity index (χ0v) is 21.7. The van der Waals surface area contributed by atoms with Gasteiger partial charge >= 0.3 is 0 Å². The summed E-state index contributed by atoms with van der Waals surface area (Å²) in [5.74, 6) is 0.792. The van der Waals surface area contributed by atoms with E-state index in [2.05, 4.69) is 57.0 Å². The number of carbonyl (C=O) groups excluding carboxylic acids is 1. The zero-order valence-electron chi connectivity index (χ0n) is 19.4. The maximum Gasteiger partial charge on any atom is 0.251 e. The molecule has 1 fully saturated rings. The summed E-state index contributed by atoms with van der Waals surface area (Å²) < 4.78 is 0. The fourth-order valence-corrected chi connectivity index (χ4v) is 4.03. The largest absolute Gasteiger partial charge is 0.356 e. The van der Waals surface area contributed by atoms with Gasteiger partial charge in [0.05, 0.1) is 0 Å². The fourth-order valence-electron chi connectivity index (χ4n) is 4.03. The van der Waals surface area contributed by atoms with Gasteiger partial charge in [-0.25, -0.2) is 0 Å². The number of nitrogens with one attached hydrogen (secondary N) is 3. The number of carbonyl (C=O) groups is 1. The molecular weight excluding hydrogens is 513 g/mol. The number of benzene rings is 2. The first-order chi connectivity index (χ1) is 15.1. The molecule has 6 nitrogen and oxygen atoms in total. The predicted molar refractivity (Wildman–Crippen MR) is 143 cm³/mol.